The lowest BCUT2D eigenvalue weighted by Crippen LogP contribution is -1.92. The van der Waals surface area contributed by atoms with Crippen molar-refractivity contribution in [1.82, 2.24) is 20.6 Å². The Hall–Kier alpha value is -4.50. The smallest absolute Gasteiger partial charge is 0.174 e. The molecule has 1 heterocycles. The number of nitrogens with one attached hydrogen (secondary N) is 1. The lowest BCUT2D eigenvalue weighted by atomic mass is 10.0. The number of hydrogen-bond acceptors (Lipinski definition) is 5. The van der Waals surface area contributed by atoms with Gasteiger partial charge in [-0.2, -0.15) is 10.5 Å². The van der Waals surface area contributed by atoms with E-state index in [4.69, 9.17) is 10.00 Å². The summed E-state index contributed by atoms with van der Waals surface area (Å²) in [6.45, 7) is 2.18. The average Bonchev–Trinajstić information content (AvgIpc) is 3.46. The fourth-order valence-electron chi connectivity index (χ4n) is 4.15. The van der Waals surface area contributed by atoms with E-state index in [2.05, 4.69) is 64.0 Å². The molecule has 0 saturated carbocycles. The third-order valence-corrected chi connectivity index (χ3v) is 5.78. The zero-order valence-electron chi connectivity index (χ0n) is 18.1. The number of allylic oxidation sites excluding steroid dienone is 3. The molecule has 4 aromatic rings. The van der Waals surface area contributed by atoms with Gasteiger partial charge < -0.3 is 4.74 Å². The number of aromatic amines is 1. The van der Waals surface area contributed by atoms with Crippen LogP contribution in [0, 0.1) is 11.3 Å². The SMILES string of the molecule is CC1=C(CCc2nn[nH]n2)c2ccccc2/C1=C\c1ccc(Oc2cccc(C#N)c2)cc1. The molecule has 1 aliphatic carbocycles. The number of nitrogens with zero attached hydrogens (tertiary/aromatic N) is 4. The van der Waals surface area contributed by atoms with Crippen LogP contribution in [0.3, 0.4) is 0 Å². The lowest BCUT2D eigenvalue weighted by molar-refractivity contribution is 0.482. The van der Waals surface area contributed by atoms with Gasteiger partial charge in [0.15, 0.2) is 5.82 Å². The van der Waals surface area contributed by atoms with Gasteiger partial charge in [0.2, 0.25) is 0 Å². The summed E-state index contributed by atoms with van der Waals surface area (Å²) < 4.78 is 5.91. The first-order chi connectivity index (χ1) is 16.2. The molecule has 3 aromatic carbocycles. The monoisotopic (exact) mass is 431 g/mol. The van der Waals surface area contributed by atoms with Crippen molar-refractivity contribution < 1.29 is 4.74 Å². The van der Waals surface area contributed by atoms with E-state index < -0.39 is 0 Å². The fraction of sp³-hybridized carbons (Fsp3) is 0.111. The molecular formula is C27H21N5O. The minimum Gasteiger partial charge on any atom is -0.457 e. The molecule has 5 rings (SSSR count). The minimum absolute atomic E-state index is 0.575. The Labute approximate surface area is 191 Å². The number of rotatable bonds is 6. The topological polar surface area (TPSA) is 87.5 Å². The second kappa shape index (κ2) is 8.93. The van der Waals surface area contributed by atoms with Crippen LogP contribution in [0.25, 0.3) is 17.2 Å². The highest BCUT2D eigenvalue weighted by Crippen LogP contribution is 2.43. The Morgan fingerprint density at radius 3 is 2.52 bits per heavy atom. The number of nitriles is 1. The lowest BCUT2D eigenvalue weighted by Gasteiger charge is -2.07. The summed E-state index contributed by atoms with van der Waals surface area (Å²) in [5.74, 6) is 2.10. The van der Waals surface area contributed by atoms with Gasteiger partial charge in [0.25, 0.3) is 0 Å². The van der Waals surface area contributed by atoms with Crippen LogP contribution in [0.1, 0.15) is 41.4 Å². The summed E-state index contributed by atoms with van der Waals surface area (Å²) >= 11 is 0. The standard InChI is InChI=1S/C27H21N5O/c1-18-23(13-14-27-29-31-32-30-27)24-7-2-3-8-25(24)26(18)16-19-9-11-21(12-10-19)33-22-6-4-5-20(15-22)17-28/h2-12,15-16H,13-14H2,1H3,(H,29,30,31,32)/b26-16-. The summed E-state index contributed by atoms with van der Waals surface area (Å²) in [4.78, 5) is 0. The maximum atomic E-state index is 9.07. The Kier molecular flexibility index (Phi) is 5.52. The van der Waals surface area contributed by atoms with Crippen LogP contribution >= 0.6 is 0 Å². The number of ether oxygens (including phenoxy) is 1. The summed E-state index contributed by atoms with van der Waals surface area (Å²) in [5, 5.41) is 23.4. The highest BCUT2D eigenvalue weighted by atomic mass is 16.5. The molecule has 0 amide bonds. The van der Waals surface area contributed by atoms with Crippen LogP contribution in [0.4, 0.5) is 0 Å². The molecule has 1 aliphatic rings. The first kappa shape index (κ1) is 20.4. The van der Waals surface area contributed by atoms with Gasteiger partial charge in [0, 0.05) is 6.42 Å². The second-order valence-corrected chi connectivity index (χ2v) is 7.85. The third-order valence-electron chi connectivity index (χ3n) is 5.78. The van der Waals surface area contributed by atoms with Crippen LogP contribution in [0.5, 0.6) is 11.5 Å². The maximum absolute atomic E-state index is 9.07. The van der Waals surface area contributed by atoms with Crippen molar-refractivity contribution in [3.63, 3.8) is 0 Å². The molecule has 0 spiro atoms. The van der Waals surface area contributed by atoms with Crippen molar-refractivity contribution in [2.45, 2.75) is 19.8 Å². The van der Waals surface area contributed by atoms with Crippen LogP contribution in [0.2, 0.25) is 0 Å². The third kappa shape index (κ3) is 4.30. The number of aromatic nitrogens is 4. The number of H-pyrrole nitrogens is 1. The molecule has 0 radical (unpaired) electrons. The van der Waals surface area contributed by atoms with Crippen molar-refractivity contribution in [3.8, 4) is 17.6 Å². The summed E-state index contributed by atoms with van der Waals surface area (Å²) in [5.41, 5.74) is 7.99. The molecule has 6 nitrogen and oxygen atoms in total. The van der Waals surface area contributed by atoms with Crippen LogP contribution < -0.4 is 4.74 Å². The normalized spacial score (nSPS) is 13.8. The Morgan fingerprint density at radius 2 is 1.76 bits per heavy atom. The van der Waals surface area contributed by atoms with Crippen molar-refractivity contribution >= 4 is 17.2 Å². The van der Waals surface area contributed by atoms with Gasteiger partial charge >= 0.3 is 0 Å². The van der Waals surface area contributed by atoms with E-state index in [9.17, 15) is 0 Å². The van der Waals surface area contributed by atoms with E-state index in [1.807, 2.05) is 36.4 Å². The molecule has 0 atom stereocenters. The molecule has 160 valence electrons. The van der Waals surface area contributed by atoms with Crippen molar-refractivity contribution in [2.24, 2.45) is 0 Å². The quantitative estimate of drug-likeness (QED) is 0.415. The highest BCUT2D eigenvalue weighted by Gasteiger charge is 2.23. The van der Waals surface area contributed by atoms with Gasteiger partial charge in [0.05, 0.1) is 11.6 Å². The van der Waals surface area contributed by atoms with Gasteiger partial charge in [-0.15, -0.1) is 10.2 Å². The molecule has 0 unspecified atom stereocenters. The van der Waals surface area contributed by atoms with E-state index in [0.717, 1.165) is 30.0 Å². The summed E-state index contributed by atoms with van der Waals surface area (Å²) in [6.07, 6.45) is 3.81. The van der Waals surface area contributed by atoms with Crippen LogP contribution in [-0.2, 0) is 6.42 Å². The van der Waals surface area contributed by atoms with Gasteiger partial charge in [-0.1, -0.05) is 47.7 Å². The minimum atomic E-state index is 0.575. The Bertz CT molecular complexity index is 1390. The molecule has 0 bridgehead atoms. The Morgan fingerprint density at radius 1 is 0.939 bits per heavy atom. The van der Waals surface area contributed by atoms with E-state index in [-0.39, 0.29) is 0 Å². The predicted molar refractivity (Wildman–Crippen MR) is 127 cm³/mol. The van der Waals surface area contributed by atoms with Gasteiger partial charge in [-0.25, -0.2) is 0 Å². The molecule has 1 aromatic heterocycles. The Balaban J connectivity index is 1.40. The summed E-state index contributed by atoms with van der Waals surface area (Å²) in [6, 6.07) is 25.8. The molecule has 33 heavy (non-hydrogen) atoms. The molecule has 0 aliphatic heterocycles. The molecular weight excluding hydrogens is 410 g/mol. The zero-order chi connectivity index (χ0) is 22.6. The number of benzene rings is 3. The fourth-order valence-corrected chi connectivity index (χ4v) is 4.15. The van der Waals surface area contributed by atoms with Gasteiger partial charge in [-0.3, -0.25) is 0 Å². The predicted octanol–water partition coefficient (Wildman–Crippen LogP) is 5.82. The zero-order valence-corrected chi connectivity index (χ0v) is 18.1. The summed E-state index contributed by atoms with van der Waals surface area (Å²) in [7, 11) is 0. The van der Waals surface area contributed by atoms with Crippen molar-refractivity contribution in [3.05, 3.63) is 106 Å². The average molecular weight is 431 g/mol. The van der Waals surface area contributed by atoms with E-state index >= 15 is 0 Å². The van der Waals surface area contributed by atoms with Gasteiger partial charge in [0.1, 0.15) is 11.5 Å². The van der Waals surface area contributed by atoms with Crippen LogP contribution in [0.15, 0.2) is 78.4 Å². The van der Waals surface area contributed by atoms with E-state index in [1.54, 1.807) is 12.1 Å². The second-order valence-electron chi connectivity index (χ2n) is 7.85. The molecule has 6 heteroatoms. The van der Waals surface area contributed by atoms with E-state index in [1.165, 1.54) is 27.8 Å². The first-order valence-corrected chi connectivity index (χ1v) is 10.7. The van der Waals surface area contributed by atoms with Gasteiger partial charge in [-0.05, 0) is 83.2 Å². The molecule has 1 N–H and O–H groups in total. The number of hydrogen-bond donors (Lipinski definition) is 1. The van der Waals surface area contributed by atoms with Crippen molar-refractivity contribution in [1.29, 1.82) is 5.26 Å². The van der Waals surface area contributed by atoms with E-state index in [0.29, 0.717) is 11.3 Å². The molecule has 0 saturated heterocycles. The maximum Gasteiger partial charge on any atom is 0.174 e. The molecule has 0 fully saturated rings. The highest BCUT2D eigenvalue weighted by molar-refractivity contribution is 6.05. The van der Waals surface area contributed by atoms with Crippen LogP contribution in [-0.4, -0.2) is 20.6 Å². The number of aryl methyl sites for hydroxylation is 1. The first-order valence-electron chi connectivity index (χ1n) is 10.7. The van der Waals surface area contributed by atoms with Crippen molar-refractivity contribution in [2.75, 3.05) is 0 Å². The number of tetrazole rings is 1. The number of fused-ring (bicyclic) bond motifs is 1. The largest absolute Gasteiger partial charge is 0.457 e.